The summed E-state index contributed by atoms with van der Waals surface area (Å²) in [5, 5.41) is 11.4. The predicted octanol–water partition coefficient (Wildman–Crippen LogP) is 5.53. The Kier molecular flexibility index (Phi) is 5.67. The molecule has 4 aromatic rings. The molecule has 1 amide bonds. The smallest absolute Gasteiger partial charge is 0.302 e. The third-order valence-corrected chi connectivity index (χ3v) is 6.45. The molecule has 1 saturated heterocycles. The Morgan fingerprint density at radius 2 is 1.89 bits per heavy atom. The fraction of sp³-hybridized carbons (Fsp3) is 0.250. The number of amides is 1. The molecule has 1 atom stereocenters. The summed E-state index contributed by atoms with van der Waals surface area (Å²) in [6.45, 7) is 7.75. The van der Waals surface area contributed by atoms with E-state index in [9.17, 15) is 14.7 Å². The number of H-pyrrole nitrogens is 1. The molecule has 1 aliphatic rings. The number of nitrogens with zero attached hydrogens (tertiary/aromatic N) is 2. The molecule has 2 N–H and O–H groups in total. The van der Waals surface area contributed by atoms with Gasteiger partial charge >= 0.3 is 5.91 Å². The van der Waals surface area contributed by atoms with Crippen molar-refractivity contribution >= 4 is 34.4 Å². The van der Waals surface area contributed by atoms with Gasteiger partial charge in [-0.3, -0.25) is 14.5 Å². The molecule has 8 nitrogen and oxygen atoms in total. The summed E-state index contributed by atoms with van der Waals surface area (Å²) in [6, 6.07) is 13.3. The average molecular weight is 486 g/mol. The molecule has 0 spiro atoms. The van der Waals surface area contributed by atoms with E-state index in [1.54, 1.807) is 44.4 Å². The van der Waals surface area contributed by atoms with Crippen LogP contribution in [0.3, 0.4) is 0 Å². The molecule has 8 heteroatoms. The maximum Gasteiger partial charge on any atom is 0.302 e. The summed E-state index contributed by atoms with van der Waals surface area (Å²) < 4.78 is 11.3. The summed E-state index contributed by atoms with van der Waals surface area (Å²) in [4.78, 5) is 35.7. The van der Waals surface area contributed by atoms with Gasteiger partial charge in [-0.2, -0.15) is 0 Å². The summed E-state index contributed by atoms with van der Waals surface area (Å²) in [5.41, 5.74) is 3.63. The predicted molar refractivity (Wildman–Crippen MR) is 136 cm³/mol. The number of ether oxygens (including phenoxy) is 1. The Balaban J connectivity index is 1.71. The monoisotopic (exact) mass is 485 g/mol. The van der Waals surface area contributed by atoms with Crippen LogP contribution in [0.1, 0.15) is 54.0 Å². The van der Waals surface area contributed by atoms with Crippen molar-refractivity contribution in [3.05, 3.63) is 82.3 Å². The fourth-order valence-electron chi connectivity index (χ4n) is 4.63. The third-order valence-electron chi connectivity index (χ3n) is 6.45. The lowest BCUT2D eigenvalue weighted by molar-refractivity contribution is -0.132. The van der Waals surface area contributed by atoms with Crippen LogP contribution in [0, 0.1) is 13.8 Å². The van der Waals surface area contributed by atoms with Gasteiger partial charge in [0.2, 0.25) is 5.95 Å². The fourth-order valence-corrected chi connectivity index (χ4v) is 4.63. The van der Waals surface area contributed by atoms with Crippen molar-refractivity contribution in [2.24, 2.45) is 0 Å². The lowest BCUT2D eigenvalue weighted by atomic mass is 9.95. The summed E-state index contributed by atoms with van der Waals surface area (Å²) in [6.07, 6.45) is 0. The molecule has 184 valence electrons. The lowest BCUT2D eigenvalue weighted by Gasteiger charge is -2.21. The SMILES string of the molecule is COc1ccc(/C(O)=C2\C(=O)C(=O)N(c3nc4ccc(C)cc4[nH]3)C2c2ccc(C)o2)cc1C(C)C. The molecule has 0 aliphatic carbocycles. The minimum absolute atomic E-state index is 0.0640. The maximum absolute atomic E-state index is 13.4. The second-order valence-electron chi connectivity index (χ2n) is 9.31. The zero-order valence-corrected chi connectivity index (χ0v) is 20.7. The second-order valence-corrected chi connectivity index (χ2v) is 9.31. The average Bonchev–Trinajstić information content (AvgIpc) is 3.53. The Bertz CT molecular complexity index is 1540. The number of imidazole rings is 1. The van der Waals surface area contributed by atoms with Gasteiger partial charge in [-0.05, 0) is 73.4 Å². The van der Waals surface area contributed by atoms with E-state index in [0.29, 0.717) is 28.4 Å². The lowest BCUT2D eigenvalue weighted by Crippen LogP contribution is -2.30. The standard InChI is InChI=1S/C28H27N3O5/c1-14(2)18-13-17(8-11-21(18)35-5)25(32)23-24(22-10-7-16(4)36-22)31(27(34)26(23)33)28-29-19-9-6-15(3)12-20(19)30-28/h6-14,24,32H,1-5H3,(H,29,30)/b25-23+. The van der Waals surface area contributed by atoms with Gasteiger partial charge in [0.15, 0.2) is 0 Å². The highest BCUT2D eigenvalue weighted by Crippen LogP contribution is 2.43. The second kappa shape index (κ2) is 8.71. The minimum atomic E-state index is -0.995. The maximum atomic E-state index is 13.4. The van der Waals surface area contributed by atoms with E-state index in [2.05, 4.69) is 9.97 Å². The Labute approximate surface area is 208 Å². The number of benzene rings is 2. The third kappa shape index (κ3) is 3.75. The molecule has 36 heavy (non-hydrogen) atoms. The molecular weight excluding hydrogens is 458 g/mol. The van der Waals surface area contributed by atoms with E-state index >= 15 is 0 Å². The van der Waals surface area contributed by atoms with Crippen LogP contribution in [-0.2, 0) is 9.59 Å². The van der Waals surface area contributed by atoms with Crippen molar-refractivity contribution in [1.82, 2.24) is 9.97 Å². The number of furan rings is 1. The number of aryl methyl sites for hydroxylation is 2. The number of aliphatic hydroxyl groups is 1. The number of hydrogen-bond donors (Lipinski definition) is 2. The van der Waals surface area contributed by atoms with Crippen LogP contribution in [-0.4, -0.2) is 33.9 Å². The van der Waals surface area contributed by atoms with E-state index in [1.807, 2.05) is 39.0 Å². The zero-order valence-electron chi connectivity index (χ0n) is 20.7. The van der Waals surface area contributed by atoms with Gasteiger partial charge in [0.1, 0.15) is 29.1 Å². The summed E-state index contributed by atoms with van der Waals surface area (Å²) in [5.74, 6) is 0.0501. The highest BCUT2D eigenvalue weighted by molar-refractivity contribution is 6.51. The van der Waals surface area contributed by atoms with Crippen LogP contribution < -0.4 is 9.64 Å². The number of aromatic nitrogens is 2. The highest BCUT2D eigenvalue weighted by atomic mass is 16.5. The number of carbonyl (C=O) groups excluding carboxylic acids is 2. The van der Waals surface area contributed by atoms with Crippen molar-refractivity contribution in [2.45, 2.75) is 39.7 Å². The number of carbonyl (C=O) groups is 2. The Hall–Kier alpha value is -4.33. The number of anilines is 1. The van der Waals surface area contributed by atoms with E-state index in [4.69, 9.17) is 9.15 Å². The molecule has 2 aromatic carbocycles. The van der Waals surface area contributed by atoms with Gasteiger partial charge < -0.3 is 19.2 Å². The first-order valence-electron chi connectivity index (χ1n) is 11.7. The van der Waals surface area contributed by atoms with Gasteiger partial charge in [0, 0.05) is 5.56 Å². The van der Waals surface area contributed by atoms with Crippen molar-refractivity contribution < 1.29 is 23.8 Å². The van der Waals surface area contributed by atoms with Gasteiger partial charge in [0.25, 0.3) is 5.78 Å². The van der Waals surface area contributed by atoms with E-state index in [-0.39, 0.29) is 23.2 Å². The van der Waals surface area contributed by atoms with Crippen molar-refractivity contribution in [1.29, 1.82) is 0 Å². The summed E-state index contributed by atoms with van der Waals surface area (Å²) >= 11 is 0. The molecule has 1 aliphatic heterocycles. The van der Waals surface area contributed by atoms with E-state index < -0.39 is 17.7 Å². The van der Waals surface area contributed by atoms with Crippen LogP contribution in [0.25, 0.3) is 16.8 Å². The topological polar surface area (TPSA) is 109 Å². The quantitative estimate of drug-likeness (QED) is 0.219. The number of ketones is 1. The highest BCUT2D eigenvalue weighted by Gasteiger charge is 2.49. The number of methoxy groups -OCH3 is 1. The van der Waals surface area contributed by atoms with Gasteiger partial charge in [-0.15, -0.1) is 0 Å². The molecule has 1 unspecified atom stereocenters. The number of nitrogens with one attached hydrogen (secondary N) is 1. The molecule has 5 rings (SSSR count). The number of Topliss-reactive ketones (excluding diaryl/α,β-unsaturated/α-hetero) is 1. The van der Waals surface area contributed by atoms with E-state index in [1.165, 1.54) is 4.90 Å². The van der Waals surface area contributed by atoms with Crippen molar-refractivity contribution in [2.75, 3.05) is 12.0 Å². The first-order chi connectivity index (χ1) is 17.2. The molecule has 0 saturated carbocycles. The van der Waals surface area contributed by atoms with Crippen molar-refractivity contribution in [3.8, 4) is 5.75 Å². The number of aliphatic hydroxyl groups excluding tert-OH is 1. The number of aromatic amines is 1. The molecule has 1 fully saturated rings. The van der Waals surface area contributed by atoms with Crippen LogP contribution in [0.2, 0.25) is 0 Å². The number of hydrogen-bond acceptors (Lipinski definition) is 6. The first kappa shape index (κ1) is 23.4. The molecule has 0 radical (unpaired) electrons. The van der Waals surface area contributed by atoms with Crippen LogP contribution >= 0.6 is 0 Å². The molecule has 2 aromatic heterocycles. The Morgan fingerprint density at radius 1 is 1.11 bits per heavy atom. The van der Waals surface area contributed by atoms with Gasteiger partial charge in [0.05, 0.1) is 23.7 Å². The molecular formula is C28H27N3O5. The normalized spacial score (nSPS) is 17.5. The van der Waals surface area contributed by atoms with Crippen LogP contribution in [0.4, 0.5) is 5.95 Å². The largest absolute Gasteiger partial charge is 0.507 e. The van der Waals surface area contributed by atoms with E-state index in [0.717, 1.165) is 16.6 Å². The first-order valence-corrected chi connectivity index (χ1v) is 11.7. The summed E-state index contributed by atoms with van der Waals surface area (Å²) in [7, 11) is 1.58. The van der Waals surface area contributed by atoms with Crippen molar-refractivity contribution in [3.63, 3.8) is 0 Å². The van der Waals surface area contributed by atoms with Crippen LogP contribution in [0.15, 0.2) is 58.5 Å². The zero-order chi connectivity index (χ0) is 25.7. The van der Waals surface area contributed by atoms with Gasteiger partial charge in [-0.25, -0.2) is 4.98 Å². The molecule has 0 bridgehead atoms. The number of fused-ring (bicyclic) bond motifs is 1. The minimum Gasteiger partial charge on any atom is -0.507 e. The van der Waals surface area contributed by atoms with Crippen LogP contribution in [0.5, 0.6) is 5.75 Å². The van der Waals surface area contributed by atoms with Gasteiger partial charge in [-0.1, -0.05) is 19.9 Å². The number of rotatable bonds is 5. The molecule has 3 heterocycles. The Morgan fingerprint density at radius 3 is 2.56 bits per heavy atom.